The first kappa shape index (κ1) is 28.3. The molecule has 0 bridgehead atoms. The Morgan fingerprint density at radius 3 is 2.50 bits per heavy atom. The molecule has 2 aromatic rings. The first-order valence-electron chi connectivity index (χ1n) is 12.2. The van der Waals surface area contributed by atoms with E-state index < -0.39 is 0 Å². The second kappa shape index (κ2) is 14.4. The molecule has 2 aromatic carbocycles. The molecule has 1 aliphatic heterocycles. The van der Waals surface area contributed by atoms with Gasteiger partial charge in [0.25, 0.3) is 0 Å². The molecule has 0 saturated carbocycles. The Balaban J connectivity index is 0.00000204. The van der Waals surface area contributed by atoms with Gasteiger partial charge < -0.3 is 15.0 Å². The largest absolute Gasteiger partial charge is 0.495 e. The Labute approximate surface area is 217 Å². The molecule has 7 heteroatoms. The van der Waals surface area contributed by atoms with Gasteiger partial charge in [0, 0.05) is 32.6 Å². The molecule has 0 radical (unpaired) electrons. The molecular weight excluding hydrogens is 469 g/mol. The summed E-state index contributed by atoms with van der Waals surface area (Å²) in [4.78, 5) is 17.4. The van der Waals surface area contributed by atoms with E-state index in [9.17, 15) is 4.79 Å². The summed E-state index contributed by atoms with van der Waals surface area (Å²) >= 11 is 0. The zero-order valence-corrected chi connectivity index (χ0v) is 21.8. The number of carbonyl (C=O) groups is 1. The molecule has 5 nitrogen and oxygen atoms in total. The predicted octanol–water partition coefficient (Wildman–Crippen LogP) is 5.42. The van der Waals surface area contributed by atoms with Crippen molar-refractivity contribution in [2.24, 2.45) is 0 Å². The van der Waals surface area contributed by atoms with Crippen LogP contribution in [0.3, 0.4) is 0 Å². The lowest BCUT2D eigenvalue weighted by atomic mass is 9.87. The topological polar surface area (TPSA) is 44.8 Å². The number of carbonyl (C=O) groups excluding carboxylic acids is 1. The Morgan fingerprint density at radius 2 is 1.71 bits per heavy atom. The van der Waals surface area contributed by atoms with E-state index in [-0.39, 0.29) is 36.8 Å². The van der Waals surface area contributed by atoms with Gasteiger partial charge >= 0.3 is 0 Å². The Bertz CT molecular complexity index is 888. The van der Waals surface area contributed by atoms with Crippen LogP contribution >= 0.6 is 24.8 Å². The summed E-state index contributed by atoms with van der Waals surface area (Å²) in [7, 11) is 1.74. The Kier molecular flexibility index (Phi) is 12.0. The second-order valence-electron chi connectivity index (χ2n) is 9.02. The second-order valence-corrected chi connectivity index (χ2v) is 9.02. The molecule has 4 rings (SSSR count). The molecule has 1 amide bonds. The monoisotopic (exact) mass is 507 g/mol. The number of methoxy groups -OCH3 is 1. The van der Waals surface area contributed by atoms with E-state index in [0.717, 1.165) is 77.0 Å². The molecule has 1 atom stereocenters. The number of piperazine rings is 1. The third kappa shape index (κ3) is 7.53. The third-order valence-corrected chi connectivity index (χ3v) is 6.88. The minimum Gasteiger partial charge on any atom is -0.495 e. The van der Waals surface area contributed by atoms with Crippen LogP contribution in [-0.4, -0.2) is 50.6 Å². The van der Waals surface area contributed by atoms with E-state index in [4.69, 9.17) is 4.74 Å². The van der Waals surface area contributed by atoms with Crippen molar-refractivity contribution in [3.8, 4) is 5.75 Å². The summed E-state index contributed by atoms with van der Waals surface area (Å²) < 4.78 is 5.51. The number of amides is 1. The summed E-state index contributed by atoms with van der Waals surface area (Å²) in [5, 5.41) is 3.28. The number of aryl methyl sites for hydroxylation is 1. The minimum absolute atomic E-state index is 0. The fraction of sp³-hybridized carbons (Fsp3) is 0.519. The van der Waals surface area contributed by atoms with Crippen LogP contribution in [0.15, 0.2) is 48.5 Å². The smallest absolute Gasteiger partial charge is 0.220 e. The zero-order valence-electron chi connectivity index (χ0n) is 20.2. The summed E-state index contributed by atoms with van der Waals surface area (Å²) in [5.74, 6) is 1.16. The van der Waals surface area contributed by atoms with Crippen LogP contribution in [0.5, 0.6) is 5.75 Å². The van der Waals surface area contributed by atoms with Crippen molar-refractivity contribution in [1.82, 2.24) is 10.2 Å². The summed E-state index contributed by atoms with van der Waals surface area (Å²) in [5.41, 5.74) is 3.91. The van der Waals surface area contributed by atoms with Crippen molar-refractivity contribution in [2.45, 2.75) is 51.0 Å². The van der Waals surface area contributed by atoms with Crippen molar-refractivity contribution in [1.29, 1.82) is 0 Å². The lowest BCUT2D eigenvalue weighted by molar-refractivity contribution is -0.122. The summed E-state index contributed by atoms with van der Waals surface area (Å²) in [6, 6.07) is 17.0. The molecule has 2 aliphatic rings. The number of para-hydroxylation sites is 2. The number of nitrogens with zero attached hydrogens (tertiary/aromatic N) is 2. The molecular formula is C27H39Cl2N3O2. The summed E-state index contributed by atoms with van der Waals surface area (Å²) in [6.07, 6.45) is 7.24. The Hall–Kier alpha value is -1.95. The number of nitrogens with one attached hydrogen (secondary N) is 1. The van der Waals surface area contributed by atoms with Crippen molar-refractivity contribution >= 4 is 36.4 Å². The molecule has 34 heavy (non-hydrogen) atoms. The van der Waals surface area contributed by atoms with E-state index in [0.29, 0.717) is 6.42 Å². The van der Waals surface area contributed by atoms with Crippen molar-refractivity contribution in [2.75, 3.05) is 44.7 Å². The number of hydrogen-bond donors (Lipinski definition) is 1. The molecule has 1 unspecified atom stereocenters. The normalized spacial score (nSPS) is 17.7. The van der Waals surface area contributed by atoms with Crippen LogP contribution < -0.4 is 15.0 Å². The summed E-state index contributed by atoms with van der Waals surface area (Å²) in [6.45, 7) is 5.36. The van der Waals surface area contributed by atoms with E-state index in [1.54, 1.807) is 7.11 Å². The van der Waals surface area contributed by atoms with Crippen LogP contribution in [0.2, 0.25) is 0 Å². The number of rotatable bonds is 9. The lowest BCUT2D eigenvalue weighted by Gasteiger charge is -2.36. The van der Waals surface area contributed by atoms with Gasteiger partial charge in [-0.05, 0) is 61.9 Å². The molecule has 1 N–H and O–H groups in total. The van der Waals surface area contributed by atoms with Gasteiger partial charge in [-0.15, -0.1) is 24.8 Å². The van der Waals surface area contributed by atoms with Crippen LogP contribution in [0.25, 0.3) is 0 Å². The predicted molar refractivity (Wildman–Crippen MR) is 145 cm³/mol. The van der Waals surface area contributed by atoms with Crippen LogP contribution in [-0.2, 0) is 11.2 Å². The van der Waals surface area contributed by atoms with Crippen molar-refractivity contribution < 1.29 is 9.53 Å². The van der Waals surface area contributed by atoms with Crippen LogP contribution in [0.1, 0.15) is 55.7 Å². The van der Waals surface area contributed by atoms with Crippen molar-refractivity contribution in [3.05, 3.63) is 59.7 Å². The van der Waals surface area contributed by atoms with Gasteiger partial charge in [-0.1, -0.05) is 42.8 Å². The van der Waals surface area contributed by atoms with E-state index in [1.807, 2.05) is 12.1 Å². The molecule has 0 spiro atoms. The SMILES string of the molecule is COc1ccccc1N1CCN(CCCCCC(=O)NC2CCCc3ccccc32)CC1.Cl.Cl. The number of unbranched alkanes of at least 4 members (excludes halogenated alkanes) is 2. The molecule has 1 saturated heterocycles. The Morgan fingerprint density at radius 1 is 0.971 bits per heavy atom. The number of halogens is 2. The van der Waals surface area contributed by atoms with E-state index >= 15 is 0 Å². The highest BCUT2D eigenvalue weighted by molar-refractivity contribution is 5.85. The zero-order chi connectivity index (χ0) is 22.2. The fourth-order valence-electron chi connectivity index (χ4n) is 5.07. The third-order valence-electron chi connectivity index (χ3n) is 6.88. The molecule has 1 fully saturated rings. The molecule has 0 aromatic heterocycles. The average molecular weight is 509 g/mol. The van der Waals surface area contributed by atoms with Gasteiger partial charge in [-0.2, -0.15) is 0 Å². The molecule has 1 aliphatic carbocycles. The average Bonchev–Trinajstić information content (AvgIpc) is 2.84. The van der Waals surface area contributed by atoms with Crippen LogP contribution in [0, 0.1) is 0 Å². The van der Waals surface area contributed by atoms with Gasteiger partial charge in [-0.25, -0.2) is 0 Å². The number of hydrogen-bond acceptors (Lipinski definition) is 4. The minimum atomic E-state index is 0. The number of ether oxygens (including phenoxy) is 1. The number of benzene rings is 2. The standard InChI is InChI=1S/C27H37N3O2.2ClH/c1-32-26-15-7-6-14-25(26)30-20-18-29(19-21-30)17-8-2-3-16-27(31)28-24-13-9-11-22-10-4-5-12-23(22)24;;/h4-7,10,12,14-15,24H,2-3,8-9,11,13,16-21H2,1H3,(H,28,31);2*1H. The van der Waals surface area contributed by atoms with Gasteiger partial charge in [0.15, 0.2) is 0 Å². The maximum absolute atomic E-state index is 12.5. The number of fused-ring (bicyclic) bond motifs is 1. The van der Waals surface area contributed by atoms with Gasteiger partial charge in [0.2, 0.25) is 5.91 Å². The highest BCUT2D eigenvalue weighted by Crippen LogP contribution is 2.30. The fourth-order valence-corrected chi connectivity index (χ4v) is 5.07. The number of anilines is 1. The lowest BCUT2D eigenvalue weighted by Crippen LogP contribution is -2.46. The highest BCUT2D eigenvalue weighted by atomic mass is 35.5. The highest BCUT2D eigenvalue weighted by Gasteiger charge is 2.21. The first-order valence-corrected chi connectivity index (χ1v) is 12.2. The molecule has 1 heterocycles. The van der Waals surface area contributed by atoms with Crippen molar-refractivity contribution in [3.63, 3.8) is 0 Å². The maximum Gasteiger partial charge on any atom is 0.220 e. The van der Waals surface area contributed by atoms with Gasteiger partial charge in [0.05, 0.1) is 18.8 Å². The first-order chi connectivity index (χ1) is 15.7. The van der Waals surface area contributed by atoms with Crippen LogP contribution in [0.4, 0.5) is 5.69 Å². The quantitative estimate of drug-likeness (QED) is 0.460. The molecule has 188 valence electrons. The maximum atomic E-state index is 12.5. The van der Waals surface area contributed by atoms with E-state index in [1.165, 1.54) is 16.8 Å². The van der Waals surface area contributed by atoms with Gasteiger partial charge in [0.1, 0.15) is 5.75 Å². The van der Waals surface area contributed by atoms with E-state index in [2.05, 4.69) is 51.5 Å². The van der Waals surface area contributed by atoms with Gasteiger partial charge in [-0.3, -0.25) is 9.69 Å².